The van der Waals surface area contributed by atoms with Crippen LogP contribution in [0, 0.1) is 17.8 Å². The van der Waals surface area contributed by atoms with Crippen LogP contribution in [0.1, 0.15) is 34.7 Å². The van der Waals surface area contributed by atoms with Gasteiger partial charge in [-0.2, -0.15) is 0 Å². The zero-order valence-corrected chi connectivity index (χ0v) is 24.7. The maximum absolute atomic E-state index is 14.1. The summed E-state index contributed by atoms with van der Waals surface area (Å²) in [5.74, 6) is -7.64. The van der Waals surface area contributed by atoms with Gasteiger partial charge in [0, 0.05) is 13.0 Å². The number of carbonyl (C=O) groups excluding carboxylic acids is 4. The number of hydrogen-bond donors (Lipinski definition) is 2. The van der Waals surface area contributed by atoms with Gasteiger partial charge in [0.25, 0.3) is 11.8 Å². The van der Waals surface area contributed by atoms with Gasteiger partial charge in [-0.3, -0.25) is 29.0 Å². The molecule has 0 aromatic heterocycles. The highest BCUT2D eigenvalue weighted by atomic mass is 35.5. The average Bonchev–Trinajstić information content (AvgIpc) is 3.32. The fourth-order valence-electron chi connectivity index (χ4n) is 7.23. The Labute approximate surface area is 255 Å². The summed E-state index contributed by atoms with van der Waals surface area (Å²) in [7, 11) is 3.96. The number of anilines is 1. The SMILES string of the molecule is COc1cc([C@H]2C3=CC[C@@H]4C(=O)N(c5cccc(C(=O)O)c5)C(=O)[C@@H]4[C@@H]3C[C@@]3(Cl)C(=O)N(C)C(=O)[C@@]23Cl)cc(OC)c1O. The number of carboxylic acids is 1. The molecule has 43 heavy (non-hydrogen) atoms. The molecule has 2 aliphatic heterocycles. The quantitative estimate of drug-likeness (QED) is 0.289. The van der Waals surface area contributed by atoms with Crippen LogP contribution in [-0.2, 0) is 19.2 Å². The van der Waals surface area contributed by atoms with Crippen LogP contribution >= 0.6 is 23.2 Å². The van der Waals surface area contributed by atoms with Crippen LogP contribution in [0.15, 0.2) is 48.0 Å². The van der Waals surface area contributed by atoms with Crippen molar-refractivity contribution in [3.05, 3.63) is 59.2 Å². The van der Waals surface area contributed by atoms with Crippen molar-refractivity contribution in [1.29, 1.82) is 0 Å². The van der Waals surface area contributed by atoms with Crippen molar-refractivity contribution >= 4 is 58.5 Å². The number of aromatic hydroxyl groups is 1. The number of phenols is 1. The Morgan fingerprint density at radius 1 is 0.977 bits per heavy atom. The van der Waals surface area contributed by atoms with Gasteiger partial charge in [-0.1, -0.05) is 17.7 Å². The highest BCUT2D eigenvalue weighted by molar-refractivity contribution is 6.53. The minimum Gasteiger partial charge on any atom is -0.502 e. The molecule has 13 heteroatoms. The van der Waals surface area contributed by atoms with E-state index in [1.807, 2.05) is 0 Å². The van der Waals surface area contributed by atoms with Crippen molar-refractivity contribution in [3.63, 3.8) is 0 Å². The number of benzene rings is 2. The number of alkyl halides is 2. The van der Waals surface area contributed by atoms with Crippen molar-refractivity contribution in [2.75, 3.05) is 26.2 Å². The smallest absolute Gasteiger partial charge is 0.335 e. The fraction of sp³-hybridized carbons (Fsp3) is 0.367. The molecule has 0 spiro atoms. The number of methoxy groups -OCH3 is 2. The highest BCUT2D eigenvalue weighted by Crippen LogP contribution is 2.66. The lowest BCUT2D eigenvalue weighted by atomic mass is 9.56. The maximum atomic E-state index is 14.1. The topological polar surface area (TPSA) is 151 Å². The van der Waals surface area contributed by atoms with E-state index < -0.39 is 63.0 Å². The van der Waals surface area contributed by atoms with E-state index in [0.717, 1.165) is 9.80 Å². The van der Waals surface area contributed by atoms with Gasteiger partial charge in [-0.05, 0) is 54.7 Å². The monoisotopic (exact) mass is 628 g/mol. The first-order chi connectivity index (χ1) is 20.3. The molecule has 2 N–H and O–H groups in total. The van der Waals surface area contributed by atoms with E-state index in [1.54, 1.807) is 6.08 Å². The largest absolute Gasteiger partial charge is 0.502 e. The number of nitrogens with zero attached hydrogens (tertiary/aromatic N) is 2. The van der Waals surface area contributed by atoms with Gasteiger partial charge in [-0.15, -0.1) is 23.2 Å². The molecule has 2 saturated heterocycles. The Balaban J connectivity index is 1.53. The number of ether oxygens (including phenoxy) is 2. The molecule has 2 aromatic carbocycles. The lowest BCUT2D eigenvalue weighted by Gasteiger charge is -2.50. The molecule has 224 valence electrons. The molecule has 11 nitrogen and oxygen atoms in total. The highest BCUT2D eigenvalue weighted by Gasteiger charge is 2.76. The molecule has 2 heterocycles. The Morgan fingerprint density at radius 3 is 2.23 bits per heavy atom. The summed E-state index contributed by atoms with van der Waals surface area (Å²) in [5.41, 5.74) is 0.913. The third-order valence-electron chi connectivity index (χ3n) is 9.20. The zero-order valence-electron chi connectivity index (χ0n) is 23.2. The molecule has 6 rings (SSSR count). The molecule has 3 fully saturated rings. The van der Waals surface area contributed by atoms with E-state index in [1.165, 1.54) is 57.7 Å². The van der Waals surface area contributed by atoms with Gasteiger partial charge < -0.3 is 19.7 Å². The van der Waals surface area contributed by atoms with Crippen molar-refractivity contribution in [3.8, 4) is 17.2 Å². The first-order valence-electron chi connectivity index (χ1n) is 13.4. The van der Waals surface area contributed by atoms with Gasteiger partial charge in [0.15, 0.2) is 21.2 Å². The van der Waals surface area contributed by atoms with Gasteiger partial charge >= 0.3 is 5.97 Å². The Kier molecular flexibility index (Phi) is 6.55. The van der Waals surface area contributed by atoms with Crippen LogP contribution in [0.25, 0.3) is 0 Å². The van der Waals surface area contributed by atoms with Crippen molar-refractivity contribution in [2.24, 2.45) is 17.8 Å². The number of hydrogen-bond acceptors (Lipinski definition) is 8. The van der Waals surface area contributed by atoms with E-state index in [0.29, 0.717) is 11.1 Å². The second-order valence-corrected chi connectivity index (χ2v) is 12.4. The third-order valence-corrected chi connectivity index (χ3v) is 10.6. The predicted molar refractivity (Wildman–Crippen MR) is 153 cm³/mol. The normalized spacial score (nSPS) is 31.4. The van der Waals surface area contributed by atoms with Crippen molar-refractivity contribution < 1.29 is 43.7 Å². The number of amides is 4. The summed E-state index contributed by atoms with van der Waals surface area (Å²) >= 11 is 14.4. The number of likely N-dealkylation sites (tertiary alicyclic amines) is 1. The molecule has 0 radical (unpaired) electrons. The third kappa shape index (κ3) is 3.70. The number of fused-ring (bicyclic) bond motifs is 4. The summed E-state index contributed by atoms with van der Waals surface area (Å²) < 4.78 is 10.7. The van der Waals surface area contributed by atoms with E-state index in [2.05, 4.69) is 0 Å². The second-order valence-electron chi connectivity index (χ2n) is 11.1. The molecule has 4 amide bonds. The van der Waals surface area contributed by atoms with Crippen LogP contribution in [-0.4, -0.2) is 75.7 Å². The fourth-order valence-corrected chi connectivity index (χ4v) is 8.25. The van der Waals surface area contributed by atoms with E-state index in [-0.39, 0.29) is 41.3 Å². The number of rotatable bonds is 5. The first-order valence-corrected chi connectivity index (χ1v) is 14.1. The van der Waals surface area contributed by atoms with Crippen LogP contribution in [0.4, 0.5) is 5.69 Å². The molecule has 0 unspecified atom stereocenters. The minimum absolute atomic E-state index is 0.0212. The van der Waals surface area contributed by atoms with Crippen LogP contribution in [0.2, 0.25) is 0 Å². The Hall–Kier alpha value is -4.09. The maximum Gasteiger partial charge on any atom is 0.335 e. The average molecular weight is 629 g/mol. The molecule has 2 aromatic rings. The van der Waals surface area contributed by atoms with E-state index >= 15 is 0 Å². The minimum atomic E-state index is -2.02. The molecule has 2 aliphatic carbocycles. The summed E-state index contributed by atoms with van der Waals surface area (Å²) in [6.45, 7) is 0. The van der Waals surface area contributed by atoms with Crippen LogP contribution in [0.5, 0.6) is 17.2 Å². The van der Waals surface area contributed by atoms with E-state index in [9.17, 15) is 34.2 Å². The summed E-state index contributed by atoms with van der Waals surface area (Å²) in [6, 6.07) is 8.48. The Morgan fingerprint density at radius 2 is 1.63 bits per heavy atom. The van der Waals surface area contributed by atoms with E-state index in [4.69, 9.17) is 32.7 Å². The summed E-state index contributed by atoms with van der Waals surface area (Å²) in [6.07, 6.45) is 1.69. The number of carbonyl (C=O) groups is 5. The lowest BCUT2D eigenvalue weighted by molar-refractivity contribution is -0.138. The van der Waals surface area contributed by atoms with Gasteiger partial charge in [-0.25, -0.2) is 4.79 Å². The molecule has 1 saturated carbocycles. The molecule has 0 bridgehead atoms. The second kappa shape index (κ2) is 9.72. The lowest BCUT2D eigenvalue weighted by Crippen LogP contribution is -2.60. The number of aromatic carboxylic acids is 1. The van der Waals surface area contributed by atoms with Crippen molar-refractivity contribution in [2.45, 2.75) is 28.5 Å². The predicted octanol–water partition coefficient (Wildman–Crippen LogP) is 3.30. The van der Waals surface area contributed by atoms with Gasteiger partial charge in [0.2, 0.25) is 17.6 Å². The summed E-state index contributed by atoms with van der Waals surface area (Å²) in [5, 5.41) is 20.0. The number of phenolic OH excluding ortho intramolecular Hbond substituents is 1. The number of halogens is 2. The standard InChI is InChI=1S/C30H26Cl2N2O9/c1-33-27(40)29(31)12-18-16(22(30(29,32)28(33)41)14-10-19(42-2)23(35)20(11-14)43-3)7-8-17-21(18)25(37)34(24(17)36)15-6-4-5-13(9-15)26(38)39/h4-7,9-11,17-18,21-22,35H,8,12H2,1-3H3,(H,38,39)/t17-,18+,21-,22-,29+,30-/m0/s1. The first kappa shape index (κ1) is 29.0. The number of imide groups is 2. The zero-order chi connectivity index (χ0) is 31.2. The Bertz CT molecular complexity index is 1650. The molecular formula is C30H26Cl2N2O9. The van der Waals surface area contributed by atoms with Crippen LogP contribution < -0.4 is 14.4 Å². The van der Waals surface area contributed by atoms with Crippen LogP contribution in [0.3, 0.4) is 0 Å². The van der Waals surface area contributed by atoms with Gasteiger partial charge in [0.05, 0.1) is 37.3 Å². The number of carboxylic acid groups (broad SMARTS) is 1. The van der Waals surface area contributed by atoms with Crippen molar-refractivity contribution in [1.82, 2.24) is 4.90 Å². The van der Waals surface area contributed by atoms with Gasteiger partial charge in [0.1, 0.15) is 0 Å². The molecule has 6 atom stereocenters. The molecular weight excluding hydrogens is 603 g/mol. The summed E-state index contributed by atoms with van der Waals surface area (Å²) in [4.78, 5) is 64.6. The number of allylic oxidation sites excluding steroid dienone is 2. The molecule has 4 aliphatic rings.